The van der Waals surface area contributed by atoms with E-state index in [0.717, 1.165) is 19.4 Å². The molecule has 1 aliphatic rings. The van der Waals surface area contributed by atoms with Crippen LogP contribution < -0.4 is 5.32 Å². The Morgan fingerprint density at radius 1 is 1.47 bits per heavy atom. The van der Waals surface area contributed by atoms with Gasteiger partial charge in [-0.15, -0.1) is 0 Å². The summed E-state index contributed by atoms with van der Waals surface area (Å²) < 4.78 is 6.69. The molecule has 0 aliphatic heterocycles. The number of methoxy groups -OCH3 is 1. The standard InChI is InChI=1S/C15H24N2O2/c1-3-8-16-14-7-5-4-6-12-9-17(10-13(12)14)11-15(18)19-2/h9-10,14,16H,3-8,11H2,1-2H3. The lowest BCUT2D eigenvalue weighted by atomic mass is 10.0. The summed E-state index contributed by atoms with van der Waals surface area (Å²) >= 11 is 0. The second-order valence-electron chi connectivity index (χ2n) is 5.24. The maximum Gasteiger partial charge on any atom is 0.325 e. The summed E-state index contributed by atoms with van der Waals surface area (Å²) in [4.78, 5) is 11.4. The maximum atomic E-state index is 11.4. The van der Waals surface area contributed by atoms with Gasteiger partial charge >= 0.3 is 5.97 Å². The Morgan fingerprint density at radius 2 is 2.32 bits per heavy atom. The smallest absolute Gasteiger partial charge is 0.325 e. The van der Waals surface area contributed by atoms with Gasteiger partial charge in [0.05, 0.1) is 7.11 Å². The minimum Gasteiger partial charge on any atom is -0.468 e. The van der Waals surface area contributed by atoms with Crippen molar-refractivity contribution in [3.8, 4) is 0 Å². The molecule has 0 aromatic carbocycles. The summed E-state index contributed by atoms with van der Waals surface area (Å²) in [7, 11) is 1.43. The third-order valence-electron chi connectivity index (χ3n) is 3.74. The van der Waals surface area contributed by atoms with Gasteiger partial charge in [-0.25, -0.2) is 0 Å². The van der Waals surface area contributed by atoms with Gasteiger partial charge in [0.25, 0.3) is 0 Å². The van der Waals surface area contributed by atoms with Crippen LogP contribution in [0.4, 0.5) is 0 Å². The fourth-order valence-electron chi connectivity index (χ4n) is 2.75. The molecule has 0 amide bonds. The Morgan fingerprint density at radius 3 is 3.05 bits per heavy atom. The van der Waals surface area contributed by atoms with Crippen molar-refractivity contribution in [2.75, 3.05) is 13.7 Å². The zero-order valence-electron chi connectivity index (χ0n) is 11.9. The topological polar surface area (TPSA) is 43.3 Å². The summed E-state index contributed by atoms with van der Waals surface area (Å²) in [5, 5.41) is 3.62. The molecule has 106 valence electrons. The number of esters is 1. The molecule has 1 atom stereocenters. The van der Waals surface area contributed by atoms with Crippen molar-refractivity contribution in [2.24, 2.45) is 0 Å². The predicted molar refractivity (Wildman–Crippen MR) is 75.0 cm³/mol. The van der Waals surface area contributed by atoms with Crippen LogP contribution in [0.15, 0.2) is 12.4 Å². The fourth-order valence-corrected chi connectivity index (χ4v) is 2.75. The van der Waals surface area contributed by atoms with Crippen molar-refractivity contribution in [2.45, 2.75) is 51.6 Å². The van der Waals surface area contributed by atoms with Crippen LogP contribution in [0.25, 0.3) is 0 Å². The predicted octanol–water partition coefficient (Wildman–Crippen LogP) is 2.43. The third kappa shape index (κ3) is 3.60. The molecule has 1 aromatic heterocycles. The van der Waals surface area contributed by atoms with Crippen molar-refractivity contribution < 1.29 is 9.53 Å². The minimum absolute atomic E-state index is 0.191. The normalized spacial score (nSPS) is 18.7. The minimum atomic E-state index is -0.191. The second kappa shape index (κ2) is 6.75. The Bertz CT molecular complexity index is 426. The van der Waals surface area contributed by atoms with E-state index in [1.54, 1.807) is 0 Å². The van der Waals surface area contributed by atoms with Gasteiger partial charge in [0.1, 0.15) is 6.54 Å². The maximum absolute atomic E-state index is 11.4. The number of aromatic nitrogens is 1. The summed E-state index contributed by atoms with van der Waals surface area (Å²) in [6.45, 7) is 3.54. The first kappa shape index (κ1) is 14.1. The number of nitrogens with one attached hydrogen (secondary N) is 1. The molecule has 0 saturated carbocycles. The number of hydrogen-bond donors (Lipinski definition) is 1. The Labute approximate surface area is 115 Å². The molecule has 4 nitrogen and oxygen atoms in total. The van der Waals surface area contributed by atoms with E-state index in [1.165, 1.54) is 37.5 Å². The van der Waals surface area contributed by atoms with Crippen LogP contribution in [-0.2, 0) is 22.5 Å². The van der Waals surface area contributed by atoms with E-state index in [4.69, 9.17) is 4.74 Å². The monoisotopic (exact) mass is 264 g/mol. The number of aryl methyl sites for hydroxylation is 1. The molecular formula is C15H24N2O2. The Kier molecular flexibility index (Phi) is 5.02. The largest absolute Gasteiger partial charge is 0.468 e. The molecule has 0 spiro atoms. The average molecular weight is 264 g/mol. The lowest BCUT2D eigenvalue weighted by Crippen LogP contribution is -2.21. The molecule has 1 unspecified atom stereocenters. The number of hydrogen-bond acceptors (Lipinski definition) is 3. The van der Waals surface area contributed by atoms with Crippen molar-refractivity contribution >= 4 is 5.97 Å². The molecule has 19 heavy (non-hydrogen) atoms. The van der Waals surface area contributed by atoms with Gasteiger partial charge < -0.3 is 14.6 Å². The second-order valence-corrected chi connectivity index (χ2v) is 5.24. The zero-order valence-corrected chi connectivity index (χ0v) is 11.9. The highest BCUT2D eigenvalue weighted by molar-refractivity contribution is 5.69. The van der Waals surface area contributed by atoms with E-state index in [-0.39, 0.29) is 5.97 Å². The number of ether oxygens (including phenoxy) is 1. The Hall–Kier alpha value is -1.29. The molecule has 4 heteroatoms. The molecule has 1 aromatic rings. The SMILES string of the molecule is CCCNC1CCCCc2cn(CC(=O)OC)cc21. The van der Waals surface area contributed by atoms with Crippen LogP contribution in [0.2, 0.25) is 0 Å². The highest BCUT2D eigenvalue weighted by Crippen LogP contribution is 2.29. The number of nitrogens with zero attached hydrogens (tertiary/aromatic N) is 1. The lowest BCUT2D eigenvalue weighted by molar-refractivity contribution is -0.141. The van der Waals surface area contributed by atoms with Gasteiger partial charge in [-0.2, -0.15) is 0 Å². The summed E-state index contributed by atoms with van der Waals surface area (Å²) in [5.74, 6) is -0.191. The molecule has 1 N–H and O–H groups in total. The summed E-state index contributed by atoms with van der Waals surface area (Å²) in [6, 6.07) is 0.441. The first-order chi connectivity index (χ1) is 9.24. The van der Waals surface area contributed by atoms with E-state index in [1.807, 2.05) is 4.57 Å². The van der Waals surface area contributed by atoms with Crippen LogP contribution in [0, 0.1) is 0 Å². The van der Waals surface area contributed by atoms with Gasteiger partial charge in [0, 0.05) is 18.4 Å². The Balaban J connectivity index is 2.14. The fraction of sp³-hybridized carbons (Fsp3) is 0.667. The van der Waals surface area contributed by atoms with Gasteiger partial charge in [-0.3, -0.25) is 4.79 Å². The van der Waals surface area contributed by atoms with Crippen molar-refractivity contribution in [3.63, 3.8) is 0 Å². The number of carbonyl (C=O) groups is 1. The van der Waals surface area contributed by atoms with Gasteiger partial charge in [-0.05, 0) is 43.4 Å². The molecule has 0 bridgehead atoms. The molecule has 2 rings (SSSR count). The van der Waals surface area contributed by atoms with E-state index in [0.29, 0.717) is 12.6 Å². The van der Waals surface area contributed by atoms with Crippen molar-refractivity contribution in [1.29, 1.82) is 0 Å². The number of carbonyl (C=O) groups excluding carboxylic acids is 1. The quantitative estimate of drug-likeness (QED) is 0.656. The molecule has 0 radical (unpaired) electrons. The third-order valence-corrected chi connectivity index (χ3v) is 3.74. The number of rotatable bonds is 5. The van der Waals surface area contributed by atoms with E-state index in [2.05, 4.69) is 24.6 Å². The highest BCUT2D eigenvalue weighted by Gasteiger charge is 2.20. The van der Waals surface area contributed by atoms with Gasteiger partial charge in [-0.1, -0.05) is 13.3 Å². The average Bonchev–Trinajstić information content (AvgIpc) is 2.71. The lowest BCUT2D eigenvalue weighted by Gasteiger charge is -2.16. The van der Waals surface area contributed by atoms with Crippen molar-refractivity contribution in [3.05, 3.63) is 23.5 Å². The first-order valence-corrected chi connectivity index (χ1v) is 7.23. The molecular weight excluding hydrogens is 240 g/mol. The van der Waals surface area contributed by atoms with Crippen LogP contribution in [-0.4, -0.2) is 24.2 Å². The molecule has 1 heterocycles. The van der Waals surface area contributed by atoms with Crippen LogP contribution >= 0.6 is 0 Å². The van der Waals surface area contributed by atoms with Crippen LogP contribution in [0.1, 0.15) is 49.8 Å². The van der Waals surface area contributed by atoms with Crippen LogP contribution in [0.5, 0.6) is 0 Å². The highest BCUT2D eigenvalue weighted by atomic mass is 16.5. The van der Waals surface area contributed by atoms with Gasteiger partial charge in [0.15, 0.2) is 0 Å². The zero-order chi connectivity index (χ0) is 13.7. The van der Waals surface area contributed by atoms with E-state index in [9.17, 15) is 4.79 Å². The van der Waals surface area contributed by atoms with E-state index < -0.39 is 0 Å². The molecule has 0 saturated heterocycles. The molecule has 0 fully saturated rings. The van der Waals surface area contributed by atoms with E-state index >= 15 is 0 Å². The number of fused-ring (bicyclic) bond motifs is 1. The van der Waals surface area contributed by atoms with Gasteiger partial charge in [0.2, 0.25) is 0 Å². The van der Waals surface area contributed by atoms with Crippen LogP contribution in [0.3, 0.4) is 0 Å². The summed E-state index contributed by atoms with van der Waals surface area (Å²) in [6.07, 6.45) is 10.2. The molecule has 1 aliphatic carbocycles. The van der Waals surface area contributed by atoms with Crippen molar-refractivity contribution in [1.82, 2.24) is 9.88 Å². The summed E-state index contributed by atoms with van der Waals surface area (Å²) in [5.41, 5.74) is 2.75. The first-order valence-electron chi connectivity index (χ1n) is 7.23.